The molecule has 16 heavy (non-hydrogen) atoms. The number of hydrazine groups is 1. The van der Waals surface area contributed by atoms with E-state index >= 15 is 0 Å². The Morgan fingerprint density at radius 2 is 1.81 bits per heavy atom. The molecule has 5 heteroatoms. The fraction of sp³-hybridized carbons (Fsp3) is 0.909. The van der Waals surface area contributed by atoms with Crippen molar-refractivity contribution in [1.29, 1.82) is 0 Å². The first-order valence-electron chi connectivity index (χ1n) is 5.96. The van der Waals surface area contributed by atoms with Crippen LogP contribution in [-0.4, -0.2) is 56.0 Å². The maximum absolute atomic E-state index is 10.9. The summed E-state index contributed by atoms with van der Waals surface area (Å²) in [5.41, 5.74) is 2.15. The zero-order chi connectivity index (χ0) is 12.4. The SMILES string of the molecule is CCN(CCCC(=O)NN)CCCN(C)C. The molecule has 0 aromatic rings. The molecule has 1 amide bonds. The van der Waals surface area contributed by atoms with Crippen LogP contribution in [0.2, 0.25) is 0 Å². The molecule has 0 aliphatic rings. The minimum atomic E-state index is -0.0793. The molecular weight excluding hydrogens is 204 g/mol. The van der Waals surface area contributed by atoms with E-state index in [1.54, 1.807) is 0 Å². The number of carbonyl (C=O) groups is 1. The molecule has 0 heterocycles. The molecule has 0 atom stereocenters. The Morgan fingerprint density at radius 1 is 1.19 bits per heavy atom. The molecule has 0 saturated carbocycles. The van der Waals surface area contributed by atoms with Crippen molar-refractivity contribution >= 4 is 5.91 Å². The molecule has 0 aromatic carbocycles. The molecule has 0 radical (unpaired) electrons. The molecule has 96 valence electrons. The van der Waals surface area contributed by atoms with Gasteiger partial charge < -0.3 is 9.80 Å². The van der Waals surface area contributed by atoms with Gasteiger partial charge in [-0.3, -0.25) is 10.2 Å². The van der Waals surface area contributed by atoms with E-state index in [9.17, 15) is 4.79 Å². The fourth-order valence-corrected chi connectivity index (χ4v) is 1.57. The third-order valence-electron chi connectivity index (χ3n) is 2.57. The molecule has 0 fully saturated rings. The number of nitrogens with two attached hydrogens (primary N) is 1. The van der Waals surface area contributed by atoms with Crippen LogP contribution in [0, 0.1) is 0 Å². The maximum Gasteiger partial charge on any atom is 0.233 e. The minimum Gasteiger partial charge on any atom is -0.309 e. The van der Waals surface area contributed by atoms with Crippen LogP contribution in [0.3, 0.4) is 0 Å². The molecule has 3 N–H and O–H groups in total. The quantitative estimate of drug-likeness (QED) is 0.333. The minimum absolute atomic E-state index is 0.0793. The Hall–Kier alpha value is -0.650. The van der Waals surface area contributed by atoms with Gasteiger partial charge in [0.2, 0.25) is 5.91 Å². The lowest BCUT2D eigenvalue weighted by molar-refractivity contribution is -0.121. The first-order valence-corrected chi connectivity index (χ1v) is 5.96. The van der Waals surface area contributed by atoms with Crippen LogP contribution in [0.5, 0.6) is 0 Å². The van der Waals surface area contributed by atoms with Crippen molar-refractivity contribution in [3.05, 3.63) is 0 Å². The number of hydrogen-bond donors (Lipinski definition) is 2. The van der Waals surface area contributed by atoms with E-state index in [1.807, 2.05) is 0 Å². The normalized spacial score (nSPS) is 11.1. The van der Waals surface area contributed by atoms with Crippen molar-refractivity contribution < 1.29 is 4.79 Å². The molecule has 0 aliphatic carbocycles. The van der Waals surface area contributed by atoms with Gasteiger partial charge in [0.15, 0.2) is 0 Å². The van der Waals surface area contributed by atoms with Crippen LogP contribution in [0.1, 0.15) is 26.2 Å². The van der Waals surface area contributed by atoms with Crippen LogP contribution >= 0.6 is 0 Å². The van der Waals surface area contributed by atoms with Gasteiger partial charge in [0.25, 0.3) is 0 Å². The summed E-state index contributed by atoms with van der Waals surface area (Å²) >= 11 is 0. The van der Waals surface area contributed by atoms with Crippen LogP contribution in [0.25, 0.3) is 0 Å². The van der Waals surface area contributed by atoms with Crippen molar-refractivity contribution in [2.45, 2.75) is 26.2 Å². The van der Waals surface area contributed by atoms with Crippen molar-refractivity contribution in [3.8, 4) is 0 Å². The van der Waals surface area contributed by atoms with Gasteiger partial charge in [-0.15, -0.1) is 0 Å². The predicted octanol–water partition coefficient (Wildman–Crippen LogP) is 0.0301. The van der Waals surface area contributed by atoms with E-state index in [4.69, 9.17) is 5.84 Å². The third kappa shape index (κ3) is 8.64. The highest BCUT2D eigenvalue weighted by Crippen LogP contribution is 1.97. The second-order valence-corrected chi connectivity index (χ2v) is 4.26. The monoisotopic (exact) mass is 230 g/mol. The summed E-state index contributed by atoms with van der Waals surface area (Å²) < 4.78 is 0. The standard InChI is InChI=1S/C11H26N4O/c1-4-15(10-6-8-14(2)3)9-5-7-11(16)13-12/h4-10,12H2,1-3H3,(H,13,16). The van der Waals surface area contributed by atoms with Gasteiger partial charge in [-0.25, -0.2) is 5.84 Å². The Kier molecular flexibility index (Phi) is 9.18. The van der Waals surface area contributed by atoms with Crippen LogP contribution in [-0.2, 0) is 4.79 Å². The lowest BCUT2D eigenvalue weighted by Crippen LogP contribution is -2.32. The van der Waals surface area contributed by atoms with E-state index in [0.717, 1.165) is 32.6 Å². The summed E-state index contributed by atoms with van der Waals surface area (Å²) in [6.45, 7) is 6.37. The third-order valence-corrected chi connectivity index (χ3v) is 2.57. The number of nitrogens with one attached hydrogen (secondary N) is 1. The molecular formula is C11H26N4O. The lowest BCUT2D eigenvalue weighted by atomic mass is 10.2. The zero-order valence-corrected chi connectivity index (χ0v) is 10.8. The lowest BCUT2D eigenvalue weighted by Gasteiger charge is -2.21. The Balaban J connectivity index is 3.55. The highest BCUT2D eigenvalue weighted by Gasteiger charge is 2.04. The van der Waals surface area contributed by atoms with E-state index in [0.29, 0.717) is 6.42 Å². The highest BCUT2D eigenvalue weighted by atomic mass is 16.2. The summed E-state index contributed by atoms with van der Waals surface area (Å²) in [6.07, 6.45) is 2.56. The molecule has 0 bridgehead atoms. The van der Waals surface area contributed by atoms with Gasteiger partial charge >= 0.3 is 0 Å². The average molecular weight is 230 g/mol. The largest absolute Gasteiger partial charge is 0.309 e. The number of rotatable bonds is 9. The van der Waals surface area contributed by atoms with Crippen molar-refractivity contribution in [2.75, 3.05) is 40.3 Å². The second-order valence-electron chi connectivity index (χ2n) is 4.26. The zero-order valence-electron chi connectivity index (χ0n) is 10.8. The summed E-state index contributed by atoms with van der Waals surface area (Å²) in [6, 6.07) is 0. The molecule has 0 spiro atoms. The summed E-state index contributed by atoms with van der Waals surface area (Å²) in [4.78, 5) is 15.5. The Bertz CT molecular complexity index is 185. The number of carbonyl (C=O) groups excluding carboxylic acids is 1. The molecule has 0 aliphatic heterocycles. The molecule has 0 rings (SSSR count). The highest BCUT2D eigenvalue weighted by molar-refractivity contribution is 5.75. The summed E-state index contributed by atoms with van der Waals surface area (Å²) in [5, 5.41) is 0. The van der Waals surface area contributed by atoms with Gasteiger partial charge in [-0.05, 0) is 53.1 Å². The summed E-state index contributed by atoms with van der Waals surface area (Å²) in [7, 11) is 4.17. The number of amides is 1. The van der Waals surface area contributed by atoms with E-state index < -0.39 is 0 Å². The average Bonchev–Trinajstić information content (AvgIpc) is 2.26. The van der Waals surface area contributed by atoms with Crippen molar-refractivity contribution in [3.63, 3.8) is 0 Å². The predicted molar refractivity (Wildman–Crippen MR) is 66.8 cm³/mol. The van der Waals surface area contributed by atoms with Crippen LogP contribution in [0.4, 0.5) is 0 Å². The first kappa shape index (κ1) is 15.3. The molecule has 0 unspecified atom stereocenters. The van der Waals surface area contributed by atoms with Crippen molar-refractivity contribution in [2.24, 2.45) is 5.84 Å². The van der Waals surface area contributed by atoms with E-state index in [-0.39, 0.29) is 5.91 Å². The fourth-order valence-electron chi connectivity index (χ4n) is 1.57. The Labute approximate surface area is 98.9 Å². The van der Waals surface area contributed by atoms with Gasteiger partial charge in [0.05, 0.1) is 0 Å². The molecule has 0 aromatic heterocycles. The van der Waals surface area contributed by atoms with Gasteiger partial charge in [0.1, 0.15) is 0 Å². The number of nitrogens with zero attached hydrogens (tertiary/aromatic N) is 2. The van der Waals surface area contributed by atoms with Crippen molar-refractivity contribution in [1.82, 2.24) is 15.2 Å². The van der Waals surface area contributed by atoms with Gasteiger partial charge in [-0.2, -0.15) is 0 Å². The summed E-state index contributed by atoms with van der Waals surface area (Å²) in [5.74, 6) is 4.94. The maximum atomic E-state index is 10.9. The first-order chi connectivity index (χ1) is 7.60. The molecule has 5 nitrogen and oxygen atoms in total. The number of hydrogen-bond acceptors (Lipinski definition) is 4. The topological polar surface area (TPSA) is 61.6 Å². The van der Waals surface area contributed by atoms with Crippen LogP contribution in [0.15, 0.2) is 0 Å². The smallest absolute Gasteiger partial charge is 0.233 e. The van der Waals surface area contributed by atoms with E-state index in [2.05, 4.69) is 36.2 Å². The van der Waals surface area contributed by atoms with Gasteiger partial charge in [0, 0.05) is 6.42 Å². The van der Waals surface area contributed by atoms with Gasteiger partial charge in [-0.1, -0.05) is 6.92 Å². The second kappa shape index (κ2) is 9.57. The molecule has 0 saturated heterocycles. The van der Waals surface area contributed by atoms with E-state index in [1.165, 1.54) is 6.42 Å². The Morgan fingerprint density at radius 3 is 2.31 bits per heavy atom. The van der Waals surface area contributed by atoms with Crippen LogP contribution < -0.4 is 11.3 Å².